The summed E-state index contributed by atoms with van der Waals surface area (Å²) in [6.45, 7) is 0.754. The Bertz CT molecular complexity index is 567. The van der Waals surface area contributed by atoms with E-state index in [1.165, 1.54) is 22.2 Å². The third-order valence-corrected chi connectivity index (χ3v) is 6.54. The van der Waals surface area contributed by atoms with Crippen LogP contribution in [0.5, 0.6) is 0 Å². The Balaban J connectivity index is 0.000000247. The second-order valence-electron chi connectivity index (χ2n) is 5.98. The second kappa shape index (κ2) is 12.7. The quantitative estimate of drug-likeness (QED) is 0.577. The van der Waals surface area contributed by atoms with E-state index in [0.717, 1.165) is 13.0 Å². The molecule has 0 saturated heterocycles. The fraction of sp³-hybridized carbons (Fsp3) is 0.0833. The van der Waals surface area contributed by atoms with E-state index in [-0.39, 0.29) is 17.1 Å². The van der Waals surface area contributed by atoms with Gasteiger partial charge in [-0.15, -0.1) is 0 Å². The van der Waals surface area contributed by atoms with E-state index in [1.807, 2.05) is 12.8 Å². The molecule has 0 heterocycles. The van der Waals surface area contributed by atoms with Crippen LogP contribution in [0.25, 0.3) is 0 Å². The Morgan fingerprint density at radius 1 is 0.630 bits per heavy atom. The maximum absolute atomic E-state index is 5.32. The smallest absolute Gasteiger partial charge is 0.330 e. The summed E-state index contributed by atoms with van der Waals surface area (Å²) in [7, 11) is -0.409. The van der Waals surface area contributed by atoms with Crippen LogP contribution in [0.1, 0.15) is 6.42 Å². The van der Waals surface area contributed by atoms with Gasteiger partial charge in [0, 0.05) is 5.66 Å². The van der Waals surface area contributed by atoms with Gasteiger partial charge in [0.25, 0.3) is 0 Å². The van der Waals surface area contributed by atoms with Gasteiger partial charge in [-0.2, -0.15) is 0 Å². The molecule has 136 valence electrons. The van der Waals surface area contributed by atoms with Gasteiger partial charge in [-0.1, -0.05) is 60.7 Å². The standard InChI is InChI=1S/C17H14P.C7H10N.Fe/c1-3-9-15(10-4-1)18(17-13-7-8-14-17)16-11-5-2-6-12-16;8-6-5-7-3-1-2-4-7;/h1-14H;1-4H,5-6,8H2;/q;;+2. The maximum atomic E-state index is 5.32. The maximum Gasteiger partial charge on any atom is 2.00 e. The van der Waals surface area contributed by atoms with Crippen LogP contribution in [-0.4, -0.2) is 6.54 Å². The monoisotopic (exact) mass is 413 g/mol. The Morgan fingerprint density at radius 3 is 1.52 bits per heavy atom. The van der Waals surface area contributed by atoms with Crippen molar-refractivity contribution in [2.75, 3.05) is 6.54 Å². The van der Waals surface area contributed by atoms with Crippen molar-refractivity contribution in [1.29, 1.82) is 0 Å². The van der Waals surface area contributed by atoms with E-state index in [1.54, 1.807) is 0 Å². The molecule has 27 heavy (non-hydrogen) atoms. The van der Waals surface area contributed by atoms with Crippen LogP contribution in [0.4, 0.5) is 0 Å². The molecule has 2 aliphatic rings. The topological polar surface area (TPSA) is 26.0 Å². The van der Waals surface area contributed by atoms with Gasteiger partial charge in [0.2, 0.25) is 0 Å². The minimum atomic E-state index is -0.409. The van der Waals surface area contributed by atoms with Crippen LogP contribution in [0.2, 0.25) is 0 Å². The third-order valence-electron chi connectivity index (χ3n) is 4.10. The number of nitrogens with two attached hydrogens (primary N) is 1. The van der Waals surface area contributed by atoms with Gasteiger partial charge in [0.05, 0.1) is 0 Å². The van der Waals surface area contributed by atoms with Crippen molar-refractivity contribution in [1.82, 2.24) is 0 Å². The molecule has 2 aliphatic carbocycles. The normalized spacial score (nSPS) is 17.4. The van der Waals surface area contributed by atoms with Crippen molar-refractivity contribution >= 4 is 18.5 Å². The van der Waals surface area contributed by atoms with Crippen molar-refractivity contribution in [3.63, 3.8) is 0 Å². The molecule has 2 aromatic carbocycles. The zero-order valence-electron chi connectivity index (χ0n) is 15.2. The molecule has 10 radical (unpaired) electrons. The third kappa shape index (κ3) is 7.03. The Kier molecular flexibility index (Phi) is 10.7. The number of benzene rings is 2. The van der Waals surface area contributed by atoms with Gasteiger partial charge in [0.1, 0.15) is 0 Å². The number of hydrogen-bond acceptors (Lipinski definition) is 1. The van der Waals surface area contributed by atoms with Crippen LogP contribution in [0.3, 0.4) is 0 Å². The van der Waals surface area contributed by atoms with Gasteiger partial charge in [-0.3, -0.25) is 0 Å². The van der Waals surface area contributed by atoms with Gasteiger partial charge >= 0.3 is 17.1 Å². The van der Waals surface area contributed by atoms with Gasteiger partial charge in [0.15, 0.2) is 0 Å². The fourth-order valence-electron chi connectivity index (χ4n) is 2.86. The minimum absolute atomic E-state index is 0. The molecule has 1 nitrogen and oxygen atoms in total. The van der Waals surface area contributed by atoms with Gasteiger partial charge < -0.3 is 5.73 Å². The predicted molar refractivity (Wildman–Crippen MR) is 114 cm³/mol. The number of rotatable bonds is 5. The summed E-state index contributed by atoms with van der Waals surface area (Å²) in [5, 5.41) is 2.81. The molecule has 3 heteroatoms. The first-order valence-electron chi connectivity index (χ1n) is 8.91. The SMILES string of the molecule is NCC[C]1[CH][CH][CH][CH]1.[CH]1[CH][CH][C](P(c2ccccc2)c2ccccc2)[CH]1.[Fe+2]. The Morgan fingerprint density at radius 2 is 1.07 bits per heavy atom. The van der Waals surface area contributed by atoms with Crippen LogP contribution < -0.4 is 16.3 Å². The molecule has 0 aliphatic heterocycles. The summed E-state index contributed by atoms with van der Waals surface area (Å²) in [5.74, 6) is 1.34. The van der Waals surface area contributed by atoms with Crippen molar-refractivity contribution in [2.45, 2.75) is 6.42 Å². The Hall–Kier alpha value is -0.651. The first-order valence-corrected chi connectivity index (χ1v) is 10.3. The van der Waals surface area contributed by atoms with Crippen molar-refractivity contribution in [3.05, 3.63) is 124 Å². The molecule has 0 aromatic heterocycles. The molecule has 0 spiro atoms. The van der Waals surface area contributed by atoms with Crippen molar-refractivity contribution in [2.24, 2.45) is 5.73 Å². The molecular formula is C24H24FeNP+2. The average Bonchev–Trinajstić information content (AvgIpc) is 3.39. The first-order chi connectivity index (χ1) is 12.9. The molecule has 0 unspecified atom stereocenters. The molecule has 0 bridgehead atoms. The van der Waals surface area contributed by atoms with E-state index in [0.29, 0.717) is 0 Å². The Labute approximate surface area is 177 Å². The van der Waals surface area contributed by atoms with E-state index < -0.39 is 7.92 Å². The largest absolute Gasteiger partial charge is 2.00 e. The van der Waals surface area contributed by atoms with E-state index in [2.05, 4.69) is 99.2 Å². The van der Waals surface area contributed by atoms with Crippen LogP contribution in [-0.2, 0) is 17.1 Å². The summed E-state index contributed by atoms with van der Waals surface area (Å²) in [6.07, 6.45) is 18.0. The van der Waals surface area contributed by atoms with Crippen LogP contribution >= 0.6 is 7.92 Å². The minimum Gasteiger partial charge on any atom is -0.330 e. The summed E-state index contributed by atoms with van der Waals surface area (Å²) < 4.78 is 0. The van der Waals surface area contributed by atoms with Crippen molar-refractivity contribution in [3.8, 4) is 0 Å². The zero-order valence-corrected chi connectivity index (χ0v) is 17.2. The molecule has 2 aromatic rings. The molecule has 0 atom stereocenters. The van der Waals surface area contributed by atoms with E-state index >= 15 is 0 Å². The number of hydrogen-bond donors (Lipinski definition) is 1. The molecule has 4 rings (SSSR count). The van der Waals surface area contributed by atoms with Crippen LogP contribution in [0.15, 0.2) is 60.7 Å². The molecule has 2 fully saturated rings. The summed E-state index contributed by atoms with van der Waals surface area (Å²) in [5.41, 5.74) is 6.74. The average molecular weight is 413 g/mol. The van der Waals surface area contributed by atoms with Crippen LogP contribution in [0, 0.1) is 62.9 Å². The first kappa shape index (κ1) is 22.6. The van der Waals surface area contributed by atoms with Gasteiger partial charge in [-0.05, 0) is 88.8 Å². The van der Waals surface area contributed by atoms with Gasteiger partial charge in [-0.25, -0.2) is 0 Å². The zero-order chi connectivity index (χ0) is 18.0. The summed E-state index contributed by atoms with van der Waals surface area (Å²) >= 11 is 0. The fourth-order valence-corrected chi connectivity index (χ4v) is 5.17. The molecule has 2 saturated carbocycles. The molecule has 0 amide bonds. The predicted octanol–water partition coefficient (Wildman–Crippen LogP) is 4.22. The summed E-state index contributed by atoms with van der Waals surface area (Å²) in [4.78, 5) is 0. The van der Waals surface area contributed by atoms with Crippen molar-refractivity contribution < 1.29 is 17.1 Å². The van der Waals surface area contributed by atoms with E-state index in [9.17, 15) is 0 Å². The molecular weight excluding hydrogens is 389 g/mol. The summed E-state index contributed by atoms with van der Waals surface area (Å²) in [6, 6.07) is 21.6. The second-order valence-corrected chi connectivity index (χ2v) is 8.20. The van der Waals surface area contributed by atoms with E-state index in [4.69, 9.17) is 5.73 Å². The molecule has 2 N–H and O–H groups in total.